The van der Waals surface area contributed by atoms with Crippen LogP contribution < -0.4 is 42.4 Å². The van der Waals surface area contributed by atoms with Crippen LogP contribution in [0, 0.1) is 6.08 Å². The molecule has 1 unspecified atom stereocenters. The molecule has 0 heterocycles. The van der Waals surface area contributed by atoms with Gasteiger partial charge in [-0.3, -0.25) is 6.08 Å². The van der Waals surface area contributed by atoms with E-state index in [0.717, 1.165) is 6.42 Å². The first kappa shape index (κ1) is 29.3. The normalized spacial score (nSPS) is 14.6. The van der Waals surface area contributed by atoms with Crippen molar-refractivity contribution in [1.82, 2.24) is 0 Å². The summed E-state index contributed by atoms with van der Waals surface area (Å²) in [7, 11) is -1.55. The molecule has 1 aromatic rings. The zero-order chi connectivity index (χ0) is 14.4. The van der Waals surface area contributed by atoms with Gasteiger partial charge < -0.3 is 37.2 Å². The Morgan fingerprint density at radius 2 is 1.62 bits per heavy atom. The molecule has 5 heteroatoms. The maximum atomic E-state index is 3.62. The van der Waals surface area contributed by atoms with Gasteiger partial charge in [0.25, 0.3) is 0 Å². The number of unbranched alkanes of at least 4 members (excludes halogenated alkanes) is 1. The third-order valence-electron chi connectivity index (χ3n) is 4.48. The molecule has 24 heavy (non-hydrogen) atoms. The van der Waals surface area contributed by atoms with Gasteiger partial charge in [-0.25, -0.2) is 5.57 Å². The Hall–Kier alpha value is 0.501. The summed E-state index contributed by atoms with van der Waals surface area (Å²) in [6.07, 6.45) is 12.2. The van der Waals surface area contributed by atoms with Crippen LogP contribution in [0.5, 0.6) is 0 Å². The first-order chi connectivity index (χ1) is 9.72. The van der Waals surface area contributed by atoms with Gasteiger partial charge in [-0.1, -0.05) is 87.6 Å². The Morgan fingerprint density at radius 3 is 2.17 bits per heavy atom. The summed E-state index contributed by atoms with van der Waals surface area (Å²) in [5.41, 5.74) is 1.53. The van der Waals surface area contributed by atoms with E-state index in [1.165, 1.54) is 37.3 Å². The second-order valence-electron chi connectivity index (χ2n) is 6.03. The molecule has 0 N–H and O–H groups in total. The van der Waals surface area contributed by atoms with Crippen LogP contribution in [0.15, 0.2) is 47.2 Å². The maximum Gasteiger partial charge on any atom is 4.00 e. The van der Waals surface area contributed by atoms with Crippen LogP contribution in [0.1, 0.15) is 46.0 Å². The molecule has 0 spiro atoms. The Kier molecular flexibility index (Phi) is 17.9. The second-order valence-corrected chi connectivity index (χ2v) is 10.3. The van der Waals surface area contributed by atoms with E-state index >= 15 is 0 Å². The number of rotatable bonds is 7. The quantitative estimate of drug-likeness (QED) is 0.303. The topological polar surface area (TPSA) is 0 Å². The van der Waals surface area contributed by atoms with Crippen LogP contribution in [0.4, 0.5) is 0 Å². The van der Waals surface area contributed by atoms with Crippen LogP contribution in [0.25, 0.3) is 0 Å². The molecule has 132 valence electrons. The standard InChI is InChI=1S/C19H27Si.3ClH.Ti/c1-4-6-16-20(3,18-13-8-7-9-14-18)19-15-10-12-17(19)11-5-2;;;;/h7-9,13-15H,4-6,10-11,16H2,1-3H3;3*1H;/q-1;;;;+4/p-3. The van der Waals surface area contributed by atoms with Gasteiger partial charge in [0.05, 0.1) is 0 Å². The van der Waals surface area contributed by atoms with Crippen molar-refractivity contribution in [2.45, 2.75) is 58.5 Å². The Balaban J connectivity index is -0.00000110. The number of allylic oxidation sites excluding steroid dienone is 4. The van der Waals surface area contributed by atoms with Gasteiger partial charge in [0.1, 0.15) is 0 Å². The number of benzene rings is 1. The van der Waals surface area contributed by atoms with Crippen molar-refractivity contribution in [3.8, 4) is 0 Å². The molecule has 0 aliphatic heterocycles. The SMILES string of the molecule is CCCC[Si](C)(C1=CC[C-]=C1CCC)c1ccccc1.[Cl-].[Cl-].[Cl-].[Ti+4]. The van der Waals surface area contributed by atoms with Crippen molar-refractivity contribution >= 4 is 13.3 Å². The van der Waals surface area contributed by atoms with Crippen LogP contribution in [0.2, 0.25) is 12.6 Å². The van der Waals surface area contributed by atoms with Gasteiger partial charge in [-0.2, -0.15) is 11.3 Å². The molecular formula is C19H27Cl3SiTi. The first-order valence-corrected chi connectivity index (χ1v) is 10.8. The van der Waals surface area contributed by atoms with Crippen molar-refractivity contribution in [3.63, 3.8) is 0 Å². The third kappa shape index (κ3) is 7.02. The smallest absolute Gasteiger partial charge is 1.00 e. The Bertz CT molecular complexity index is 503. The predicted molar refractivity (Wildman–Crippen MR) is 91.8 cm³/mol. The van der Waals surface area contributed by atoms with Crippen LogP contribution in [0.3, 0.4) is 0 Å². The molecule has 0 aromatic heterocycles. The minimum Gasteiger partial charge on any atom is -1.00 e. The molecule has 0 radical (unpaired) electrons. The van der Waals surface area contributed by atoms with Crippen molar-refractivity contribution in [3.05, 3.63) is 53.3 Å². The summed E-state index contributed by atoms with van der Waals surface area (Å²) in [5, 5.41) is 3.27. The van der Waals surface area contributed by atoms with Crippen molar-refractivity contribution in [1.29, 1.82) is 0 Å². The van der Waals surface area contributed by atoms with E-state index in [2.05, 4.69) is 62.9 Å². The molecule has 2 rings (SSSR count). The Morgan fingerprint density at radius 1 is 1.00 bits per heavy atom. The van der Waals surface area contributed by atoms with Gasteiger partial charge in [-0.15, -0.1) is 6.42 Å². The summed E-state index contributed by atoms with van der Waals surface area (Å²) in [6, 6.07) is 12.6. The van der Waals surface area contributed by atoms with E-state index in [1.54, 1.807) is 10.4 Å². The first-order valence-electron chi connectivity index (χ1n) is 8.08. The van der Waals surface area contributed by atoms with Gasteiger partial charge in [0.2, 0.25) is 0 Å². The summed E-state index contributed by atoms with van der Waals surface area (Å²) in [6.45, 7) is 7.14. The molecule has 0 saturated heterocycles. The van der Waals surface area contributed by atoms with E-state index in [9.17, 15) is 0 Å². The molecule has 0 amide bonds. The number of hydrogen-bond donors (Lipinski definition) is 0. The molecule has 0 nitrogen and oxygen atoms in total. The summed E-state index contributed by atoms with van der Waals surface area (Å²) < 4.78 is 0. The maximum absolute atomic E-state index is 3.62. The van der Waals surface area contributed by atoms with E-state index in [-0.39, 0.29) is 58.9 Å². The average molecular weight is 438 g/mol. The molecule has 0 bridgehead atoms. The molecule has 1 aromatic carbocycles. The molecule has 1 aliphatic rings. The van der Waals surface area contributed by atoms with Gasteiger partial charge in [0, 0.05) is 8.07 Å². The van der Waals surface area contributed by atoms with Crippen molar-refractivity contribution in [2.75, 3.05) is 0 Å². The van der Waals surface area contributed by atoms with Crippen molar-refractivity contribution < 1.29 is 58.9 Å². The van der Waals surface area contributed by atoms with Crippen LogP contribution >= 0.6 is 0 Å². The van der Waals surface area contributed by atoms with Crippen LogP contribution in [-0.4, -0.2) is 8.07 Å². The Labute approximate surface area is 183 Å². The summed E-state index contributed by atoms with van der Waals surface area (Å²) in [5.74, 6) is 0. The van der Waals surface area contributed by atoms with E-state index in [4.69, 9.17) is 0 Å². The van der Waals surface area contributed by atoms with Crippen LogP contribution in [-0.2, 0) is 21.7 Å². The van der Waals surface area contributed by atoms with E-state index < -0.39 is 8.07 Å². The van der Waals surface area contributed by atoms with Gasteiger partial charge >= 0.3 is 21.7 Å². The molecule has 1 aliphatic carbocycles. The van der Waals surface area contributed by atoms with E-state index in [1.807, 2.05) is 0 Å². The van der Waals surface area contributed by atoms with Crippen molar-refractivity contribution in [2.24, 2.45) is 0 Å². The number of hydrogen-bond acceptors (Lipinski definition) is 0. The monoisotopic (exact) mass is 436 g/mol. The minimum absolute atomic E-state index is 0. The molecule has 1 atom stereocenters. The second kappa shape index (κ2) is 14.6. The fourth-order valence-electron chi connectivity index (χ4n) is 3.30. The average Bonchev–Trinajstić information content (AvgIpc) is 2.95. The minimum atomic E-state index is -1.55. The zero-order valence-corrected chi connectivity index (χ0v) is 19.7. The third-order valence-corrected chi connectivity index (χ3v) is 9.14. The molecule has 0 fully saturated rings. The summed E-state index contributed by atoms with van der Waals surface area (Å²) in [4.78, 5) is 0. The fourth-order valence-corrected chi connectivity index (χ4v) is 7.59. The van der Waals surface area contributed by atoms with Gasteiger partial charge in [-0.05, 0) is 0 Å². The zero-order valence-electron chi connectivity index (χ0n) is 14.8. The summed E-state index contributed by atoms with van der Waals surface area (Å²) >= 11 is 0. The largest absolute Gasteiger partial charge is 4.00 e. The van der Waals surface area contributed by atoms with Gasteiger partial charge in [0.15, 0.2) is 0 Å². The fraction of sp³-hybridized carbons (Fsp3) is 0.474. The number of halogens is 3. The molecular weight excluding hydrogens is 411 g/mol. The molecule has 0 saturated carbocycles. The van der Waals surface area contributed by atoms with E-state index in [0.29, 0.717) is 0 Å². The predicted octanol–water partition coefficient (Wildman–Crippen LogP) is -3.82.